The summed E-state index contributed by atoms with van der Waals surface area (Å²) in [5, 5.41) is 0. The molecule has 2 heterocycles. The number of benzene rings is 1. The minimum Gasteiger partial charge on any atom is -1.00 e. The molecule has 26 heavy (non-hydrogen) atoms. The van der Waals surface area contributed by atoms with Crippen molar-refractivity contribution in [1.82, 2.24) is 0 Å². The minimum absolute atomic E-state index is 0. The fourth-order valence-corrected chi connectivity index (χ4v) is 3.07. The van der Waals surface area contributed by atoms with E-state index in [4.69, 9.17) is 0 Å². The van der Waals surface area contributed by atoms with E-state index >= 15 is 0 Å². The third-order valence-corrected chi connectivity index (χ3v) is 4.34. The quantitative estimate of drug-likeness (QED) is 0.359. The summed E-state index contributed by atoms with van der Waals surface area (Å²) in [4.78, 5) is 0. The number of pyridine rings is 2. The summed E-state index contributed by atoms with van der Waals surface area (Å²) in [6.45, 7) is 4.79. The zero-order chi connectivity index (χ0) is 16.9. The van der Waals surface area contributed by atoms with Gasteiger partial charge in [0.2, 0.25) is 0 Å². The van der Waals surface area contributed by atoms with Crippen molar-refractivity contribution in [3.05, 3.63) is 78.4 Å². The van der Waals surface area contributed by atoms with Crippen LogP contribution in [-0.2, 0) is 11.1 Å². The van der Waals surface area contributed by atoms with E-state index in [1.54, 1.807) is 0 Å². The van der Waals surface area contributed by atoms with Crippen molar-refractivity contribution in [2.24, 2.45) is 0 Å². The first kappa shape index (κ1) is 22.2. The van der Waals surface area contributed by atoms with Crippen molar-refractivity contribution < 1.29 is 38.5 Å². The molecule has 0 spiro atoms. The molecule has 0 bridgehead atoms. The van der Waals surface area contributed by atoms with Gasteiger partial charge in [-0.05, 0) is 13.8 Å². The molecule has 2 aromatic heterocycles. The Morgan fingerprint density at radius 1 is 0.846 bits per heavy atom. The number of halogens is 2. The van der Waals surface area contributed by atoms with Crippen LogP contribution in [0.25, 0.3) is 16.8 Å². The van der Waals surface area contributed by atoms with Gasteiger partial charge in [-0.25, -0.2) is 0 Å². The van der Waals surface area contributed by atoms with E-state index in [0.29, 0.717) is 6.54 Å². The van der Waals surface area contributed by atoms with Gasteiger partial charge in [-0.15, -0.1) is 0 Å². The molecular formula is C20H19Cl2N2OP. The SMILES string of the molecule is Cc1cccc(C)c1-[n+]1ccc(-c2cc[n+](CC#P=O)cc2)cc1.[Cl-].[Cl-]. The van der Waals surface area contributed by atoms with Crippen molar-refractivity contribution in [1.29, 1.82) is 0 Å². The van der Waals surface area contributed by atoms with Gasteiger partial charge in [-0.2, -0.15) is 0 Å². The Morgan fingerprint density at radius 3 is 1.85 bits per heavy atom. The summed E-state index contributed by atoms with van der Waals surface area (Å²) in [7, 11) is -0.0563. The molecular weight excluding hydrogens is 386 g/mol. The molecule has 0 atom stereocenters. The van der Waals surface area contributed by atoms with Crippen molar-refractivity contribution in [2.75, 3.05) is 0 Å². The number of hydrogen-bond donors (Lipinski definition) is 0. The summed E-state index contributed by atoms with van der Waals surface area (Å²) >= 11 is 0. The maximum Gasteiger partial charge on any atom is -1.00 e. The van der Waals surface area contributed by atoms with Gasteiger partial charge < -0.3 is 24.8 Å². The molecule has 134 valence electrons. The van der Waals surface area contributed by atoms with E-state index in [9.17, 15) is 4.57 Å². The Kier molecular flexibility index (Phi) is 8.78. The van der Waals surface area contributed by atoms with Gasteiger partial charge in [0, 0.05) is 0 Å². The van der Waals surface area contributed by atoms with Crippen LogP contribution in [0, 0.1) is 19.5 Å². The summed E-state index contributed by atoms with van der Waals surface area (Å²) in [6, 6.07) is 14.7. The molecule has 0 aliphatic heterocycles. The fourth-order valence-electron chi connectivity index (χ4n) is 2.85. The van der Waals surface area contributed by atoms with E-state index in [-0.39, 0.29) is 32.7 Å². The van der Waals surface area contributed by atoms with E-state index in [1.807, 2.05) is 17.0 Å². The minimum atomic E-state index is -0.0563. The van der Waals surface area contributed by atoms with Crippen LogP contribution in [0.3, 0.4) is 0 Å². The number of hydrogen-bond acceptors (Lipinski definition) is 1. The molecule has 0 aliphatic carbocycles. The summed E-state index contributed by atoms with van der Waals surface area (Å²) in [6.07, 6.45) is 8.15. The van der Waals surface area contributed by atoms with E-state index in [2.05, 4.69) is 78.9 Å². The molecule has 6 heteroatoms. The molecule has 0 unspecified atom stereocenters. The number of para-hydroxylation sites is 1. The Labute approximate surface area is 167 Å². The molecule has 0 amide bonds. The Morgan fingerprint density at radius 2 is 1.35 bits per heavy atom. The molecule has 3 aromatic rings. The number of nitrogens with zero attached hydrogens (tertiary/aromatic N) is 2. The standard InChI is InChI=1S/C20H19N2OP.2ClH/c1-16-4-3-5-17(2)20(16)22-12-8-19(9-13-22)18-6-10-21(11-7-18)14-15-24-23;;/h3-13H,14H2,1-2H3;2*1H/q+2;;/p-2. The molecule has 0 fully saturated rings. The van der Waals surface area contributed by atoms with Crippen molar-refractivity contribution in [3.63, 3.8) is 0 Å². The molecule has 0 saturated carbocycles. The second-order valence-electron chi connectivity index (χ2n) is 5.74. The van der Waals surface area contributed by atoms with E-state index in [1.165, 1.54) is 22.4 Å². The average Bonchev–Trinajstić information content (AvgIpc) is 2.61. The van der Waals surface area contributed by atoms with E-state index < -0.39 is 0 Å². The summed E-state index contributed by atoms with van der Waals surface area (Å²) < 4.78 is 14.5. The second kappa shape index (κ2) is 10.3. The van der Waals surface area contributed by atoms with Crippen LogP contribution in [0.2, 0.25) is 0 Å². The summed E-state index contributed by atoms with van der Waals surface area (Å²) in [5.41, 5.74) is 8.81. The monoisotopic (exact) mass is 404 g/mol. The van der Waals surface area contributed by atoms with Gasteiger partial charge in [0.1, 0.15) is 0 Å². The second-order valence-corrected chi connectivity index (χ2v) is 6.24. The maximum atomic E-state index is 10.4. The van der Waals surface area contributed by atoms with Crippen LogP contribution in [-0.4, -0.2) is 0 Å². The van der Waals surface area contributed by atoms with Gasteiger partial charge in [-0.1, -0.05) is 18.2 Å². The third-order valence-electron chi connectivity index (χ3n) is 4.07. The first-order chi connectivity index (χ1) is 11.7. The first-order valence-electron chi connectivity index (χ1n) is 7.81. The van der Waals surface area contributed by atoms with Crippen LogP contribution >= 0.6 is 7.92 Å². The maximum absolute atomic E-state index is 10.4. The molecule has 3 nitrogen and oxygen atoms in total. The van der Waals surface area contributed by atoms with Crippen LogP contribution < -0.4 is 33.9 Å². The molecule has 1 aromatic carbocycles. The predicted molar refractivity (Wildman–Crippen MR) is 94.6 cm³/mol. The average molecular weight is 405 g/mol. The third kappa shape index (κ3) is 5.06. The van der Waals surface area contributed by atoms with Crippen LogP contribution in [0.5, 0.6) is 0 Å². The zero-order valence-corrected chi connectivity index (χ0v) is 17.0. The van der Waals surface area contributed by atoms with Crippen molar-refractivity contribution >= 4 is 7.92 Å². The molecule has 0 N–H and O–H groups in total. The van der Waals surface area contributed by atoms with Crippen LogP contribution in [0.4, 0.5) is 0 Å². The van der Waals surface area contributed by atoms with Gasteiger partial charge in [0.05, 0.1) is 0 Å². The number of aromatic nitrogens is 2. The fraction of sp³-hybridized carbons (Fsp3) is 0.150. The van der Waals surface area contributed by atoms with Gasteiger partial charge in [-0.3, -0.25) is 0 Å². The molecule has 3 rings (SSSR count). The Hall–Kier alpha value is -1.89. The van der Waals surface area contributed by atoms with Gasteiger partial charge >= 0.3 is 111 Å². The van der Waals surface area contributed by atoms with Crippen molar-refractivity contribution in [2.45, 2.75) is 20.4 Å². The van der Waals surface area contributed by atoms with Gasteiger partial charge in [0.15, 0.2) is 0 Å². The normalized spacial score (nSPS) is 9.46. The van der Waals surface area contributed by atoms with E-state index in [0.717, 1.165) is 5.56 Å². The van der Waals surface area contributed by atoms with Crippen LogP contribution in [0.1, 0.15) is 11.1 Å². The Bertz CT molecular complexity index is 948. The first-order valence-corrected chi connectivity index (χ1v) is 8.63. The van der Waals surface area contributed by atoms with Gasteiger partial charge in [0.25, 0.3) is 0 Å². The van der Waals surface area contributed by atoms with Crippen LogP contribution in [0.15, 0.2) is 67.3 Å². The molecule has 0 aliphatic rings. The molecule has 0 saturated heterocycles. The molecule has 0 radical (unpaired) electrons. The summed E-state index contributed by atoms with van der Waals surface area (Å²) in [5.74, 6) is 0. The smallest absolute Gasteiger partial charge is 1.00 e. The Balaban J connectivity index is 0.00000169. The zero-order valence-electron chi connectivity index (χ0n) is 14.6. The predicted octanol–water partition coefficient (Wildman–Crippen LogP) is -2.21. The largest absolute Gasteiger partial charge is 1.00 e. The van der Waals surface area contributed by atoms with Crippen molar-refractivity contribution in [3.8, 4) is 22.4 Å². The topological polar surface area (TPSA) is 24.8 Å². The number of aryl methyl sites for hydroxylation is 2. The number of rotatable bonds is 3.